The number of hydrogen-bond donors (Lipinski definition) is 1. The number of esters is 1. The molecule has 0 spiro atoms. The first-order chi connectivity index (χ1) is 10.1. The molecule has 21 heavy (non-hydrogen) atoms. The van der Waals surface area contributed by atoms with Crippen LogP contribution in [0.2, 0.25) is 0 Å². The summed E-state index contributed by atoms with van der Waals surface area (Å²) in [6, 6.07) is 6.38. The molecule has 6 heteroatoms. The van der Waals surface area contributed by atoms with E-state index in [2.05, 4.69) is 10.3 Å². The smallest absolute Gasteiger partial charge is 0.339 e. The Morgan fingerprint density at radius 2 is 2.10 bits per heavy atom. The Bertz CT molecular complexity index is 630. The zero-order chi connectivity index (χ0) is 15.2. The third kappa shape index (κ3) is 3.98. The van der Waals surface area contributed by atoms with Crippen molar-refractivity contribution < 1.29 is 18.3 Å². The van der Waals surface area contributed by atoms with E-state index in [4.69, 9.17) is 4.74 Å². The number of pyridine rings is 1. The molecule has 110 valence electrons. The lowest BCUT2D eigenvalue weighted by atomic mass is 10.2. The van der Waals surface area contributed by atoms with Gasteiger partial charge in [-0.25, -0.2) is 18.6 Å². The zero-order valence-corrected chi connectivity index (χ0v) is 11.4. The molecule has 0 saturated heterocycles. The molecule has 4 nitrogen and oxygen atoms in total. The van der Waals surface area contributed by atoms with Gasteiger partial charge in [-0.1, -0.05) is 0 Å². The molecule has 1 heterocycles. The van der Waals surface area contributed by atoms with Crippen LogP contribution in [-0.4, -0.2) is 17.6 Å². The highest BCUT2D eigenvalue weighted by molar-refractivity contribution is 5.89. The SMILES string of the molecule is CCOC(=O)c1ccc(NCc2cc(F)ccc2F)nc1. The predicted molar refractivity (Wildman–Crippen MR) is 73.9 cm³/mol. The maximum absolute atomic E-state index is 13.4. The molecule has 1 aromatic heterocycles. The van der Waals surface area contributed by atoms with E-state index in [1.54, 1.807) is 19.1 Å². The van der Waals surface area contributed by atoms with Crippen LogP contribution in [0.1, 0.15) is 22.8 Å². The molecule has 0 radical (unpaired) electrons. The Morgan fingerprint density at radius 1 is 1.29 bits per heavy atom. The minimum atomic E-state index is -0.501. The minimum Gasteiger partial charge on any atom is -0.462 e. The fourth-order valence-electron chi connectivity index (χ4n) is 1.70. The Labute approximate surface area is 120 Å². The van der Waals surface area contributed by atoms with Crippen molar-refractivity contribution in [3.63, 3.8) is 0 Å². The van der Waals surface area contributed by atoms with Gasteiger partial charge >= 0.3 is 5.97 Å². The van der Waals surface area contributed by atoms with E-state index in [-0.39, 0.29) is 18.7 Å². The van der Waals surface area contributed by atoms with E-state index in [1.807, 2.05) is 0 Å². The van der Waals surface area contributed by atoms with Gasteiger partial charge in [0.1, 0.15) is 17.5 Å². The van der Waals surface area contributed by atoms with Gasteiger partial charge < -0.3 is 10.1 Å². The number of aromatic nitrogens is 1. The summed E-state index contributed by atoms with van der Waals surface area (Å²) >= 11 is 0. The summed E-state index contributed by atoms with van der Waals surface area (Å²) in [6.45, 7) is 2.10. The Morgan fingerprint density at radius 3 is 2.76 bits per heavy atom. The quantitative estimate of drug-likeness (QED) is 0.860. The van der Waals surface area contributed by atoms with E-state index in [0.29, 0.717) is 11.4 Å². The first kappa shape index (κ1) is 14.9. The molecule has 0 aliphatic rings. The van der Waals surface area contributed by atoms with Crippen LogP contribution in [0.25, 0.3) is 0 Å². The summed E-state index contributed by atoms with van der Waals surface area (Å²) in [7, 11) is 0. The second-order valence-corrected chi connectivity index (χ2v) is 4.24. The number of rotatable bonds is 5. The lowest BCUT2D eigenvalue weighted by Crippen LogP contribution is -2.07. The summed E-state index contributed by atoms with van der Waals surface area (Å²) in [5.41, 5.74) is 0.533. The lowest BCUT2D eigenvalue weighted by Gasteiger charge is -2.07. The van der Waals surface area contributed by atoms with Gasteiger partial charge in [0.25, 0.3) is 0 Å². The van der Waals surface area contributed by atoms with E-state index in [1.165, 1.54) is 6.20 Å². The van der Waals surface area contributed by atoms with Crippen molar-refractivity contribution in [2.24, 2.45) is 0 Å². The molecule has 0 atom stereocenters. The average molecular weight is 292 g/mol. The topological polar surface area (TPSA) is 51.2 Å². The highest BCUT2D eigenvalue weighted by atomic mass is 19.1. The number of carbonyl (C=O) groups excluding carboxylic acids is 1. The lowest BCUT2D eigenvalue weighted by molar-refractivity contribution is 0.0526. The molecule has 1 aromatic carbocycles. The van der Waals surface area contributed by atoms with E-state index in [0.717, 1.165) is 18.2 Å². The third-order valence-corrected chi connectivity index (χ3v) is 2.74. The second kappa shape index (κ2) is 6.78. The maximum atomic E-state index is 13.4. The molecule has 0 aliphatic carbocycles. The molecule has 0 fully saturated rings. The number of anilines is 1. The number of nitrogens with zero attached hydrogens (tertiary/aromatic N) is 1. The van der Waals surface area contributed by atoms with Crippen LogP contribution in [0.15, 0.2) is 36.5 Å². The summed E-state index contributed by atoms with van der Waals surface area (Å²) in [6.07, 6.45) is 1.36. The number of carbonyl (C=O) groups is 1. The van der Waals surface area contributed by atoms with Crippen LogP contribution < -0.4 is 5.32 Å². The van der Waals surface area contributed by atoms with Crippen molar-refractivity contribution in [3.8, 4) is 0 Å². The first-order valence-electron chi connectivity index (χ1n) is 6.41. The molecule has 2 rings (SSSR count). The minimum absolute atomic E-state index is 0.0926. The number of hydrogen-bond acceptors (Lipinski definition) is 4. The van der Waals surface area contributed by atoms with Crippen LogP contribution in [0.5, 0.6) is 0 Å². The maximum Gasteiger partial charge on any atom is 0.339 e. The largest absolute Gasteiger partial charge is 0.462 e. The molecule has 2 aromatic rings. The van der Waals surface area contributed by atoms with E-state index >= 15 is 0 Å². The first-order valence-corrected chi connectivity index (χ1v) is 6.41. The van der Waals surface area contributed by atoms with Crippen LogP contribution in [0, 0.1) is 11.6 Å². The standard InChI is InChI=1S/C15H14F2N2O2/c1-2-21-15(20)10-3-6-14(18-8-10)19-9-11-7-12(16)4-5-13(11)17/h3-8H,2,9H2,1H3,(H,18,19). The summed E-state index contributed by atoms with van der Waals surface area (Å²) in [4.78, 5) is 15.5. The summed E-state index contributed by atoms with van der Waals surface area (Å²) in [5, 5.41) is 2.86. The van der Waals surface area contributed by atoms with Crippen molar-refractivity contribution in [2.45, 2.75) is 13.5 Å². The third-order valence-electron chi connectivity index (χ3n) is 2.74. The molecule has 1 N–H and O–H groups in total. The zero-order valence-electron chi connectivity index (χ0n) is 11.4. The van der Waals surface area contributed by atoms with Crippen LogP contribution in [0.4, 0.5) is 14.6 Å². The van der Waals surface area contributed by atoms with Gasteiger partial charge in [0.15, 0.2) is 0 Å². The Kier molecular flexibility index (Phi) is 4.81. The number of nitrogens with one attached hydrogen (secondary N) is 1. The second-order valence-electron chi connectivity index (χ2n) is 4.24. The van der Waals surface area contributed by atoms with Gasteiger partial charge in [0.05, 0.1) is 12.2 Å². The molecule has 0 aliphatic heterocycles. The highest BCUT2D eigenvalue weighted by Gasteiger charge is 2.07. The van der Waals surface area contributed by atoms with Crippen LogP contribution in [-0.2, 0) is 11.3 Å². The Hall–Kier alpha value is -2.50. The van der Waals surface area contributed by atoms with E-state index in [9.17, 15) is 13.6 Å². The number of benzene rings is 1. The van der Waals surface area contributed by atoms with Gasteiger partial charge in [-0.15, -0.1) is 0 Å². The van der Waals surface area contributed by atoms with Crippen molar-refractivity contribution in [3.05, 3.63) is 59.3 Å². The average Bonchev–Trinajstić information content (AvgIpc) is 2.49. The fraction of sp³-hybridized carbons (Fsp3) is 0.200. The molecule has 0 saturated carbocycles. The molecule has 0 bridgehead atoms. The van der Waals surface area contributed by atoms with Gasteiger partial charge in [0.2, 0.25) is 0 Å². The highest BCUT2D eigenvalue weighted by Crippen LogP contribution is 2.12. The summed E-state index contributed by atoms with van der Waals surface area (Å²) in [5.74, 6) is -0.995. The van der Waals surface area contributed by atoms with Crippen molar-refractivity contribution in [2.75, 3.05) is 11.9 Å². The monoisotopic (exact) mass is 292 g/mol. The van der Waals surface area contributed by atoms with Gasteiger partial charge in [-0.2, -0.15) is 0 Å². The van der Waals surface area contributed by atoms with Crippen LogP contribution in [0.3, 0.4) is 0 Å². The van der Waals surface area contributed by atoms with Gasteiger partial charge in [-0.3, -0.25) is 0 Å². The Balaban J connectivity index is 2.00. The van der Waals surface area contributed by atoms with Crippen molar-refractivity contribution >= 4 is 11.8 Å². The molecule has 0 unspecified atom stereocenters. The van der Waals surface area contributed by atoms with Crippen LogP contribution >= 0.6 is 0 Å². The predicted octanol–water partition coefficient (Wildman–Crippen LogP) is 3.15. The van der Waals surface area contributed by atoms with Gasteiger partial charge in [-0.05, 0) is 37.3 Å². The van der Waals surface area contributed by atoms with Crippen molar-refractivity contribution in [1.82, 2.24) is 4.98 Å². The van der Waals surface area contributed by atoms with Gasteiger partial charge in [0, 0.05) is 18.3 Å². The molecular weight excluding hydrogens is 278 g/mol. The fourth-order valence-corrected chi connectivity index (χ4v) is 1.70. The number of ether oxygens (including phenoxy) is 1. The number of halogens is 2. The molecule has 0 amide bonds. The van der Waals surface area contributed by atoms with Crippen molar-refractivity contribution in [1.29, 1.82) is 0 Å². The summed E-state index contributed by atoms with van der Waals surface area (Å²) < 4.78 is 31.3. The normalized spacial score (nSPS) is 10.2. The van der Waals surface area contributed by atoms with E-state index < -0.39 is 17.6 Å². The molecular formula is C15H14F2N2O2.